The molecule has 2 aromatic carbocycles. The van der Waals surface area contributed by atoms with Crippen LogP contribution in [0, 0.1) is 6.92 Å². The molecule has 0 spiro atoms. The Morgan fingerprint density at radius 1 is 1.08 bits per heavy atom. The minimum Gasteiger partial charge on any atom is -0.353 e. The molecule has 2 atom stereocenters. The summed E-state index contributed by atoms with van der Waals surface area (Å²) in [5, 5.41) is 3.09. The summed E-state index contributed by atoms with van der Waals surface area (Å²) in [6.07, 6.45) is 3.01. The normalized spacial score (nSPS) is 17.0. The summed E-state index contributed by atoms with van der Waals surface area (Å²) >= 11 is 0. The van der Waals surface area contributed by atoms with Crippen LogP contribution in [0.4, 0.5) is 0 Å². The number of carbonyl (C=O) groups excluding carboxylic acids is 1. The molecule has 1 amide bonds. The predicted molar refractivity (Wildman–Crippen MR) is 106 cm³/mol. The van der Waals surface area contributed by atoms with Gasteiger partial charge in [0.1, 0.15) is 0 Å². The summed E-state index contributed by atoms with van der Waals surface area (Å²) in [5.74, 6) is -0.0786. The zero-order valence-corrected chi connectivity index (χ0v) is 15.5. The van der Waals surface area contributed by atoms with E-state index in [-0.39, 0.29) is 11.9 Å². The zero-order valence-electron chi connectivity index (χ0n) is 15.5. The maximum absolute atomic E-state index is 12.5. The number of hydrogen-bond acceptors (Lipinski definition) is 3. The van der Waals surface area contributed by atoms with Gasteiger partial charge in [-0.2, -0.15) is 0 Å². The number of amides is 1. The van der Waals surface area contributed by atoms with E-state index in [1.165, 1.54) is 24.0 Å². The van der Waals surface area contributed by atoms with Crippen LogP contribution < -0.4 is 11.1 Å². The van der Waals surface area contributed by atoms with Crippen molar-refractivity contribution < 1.29 is 4.79 Å². The molecule has 0 radical (unpaired) electrons. The molecule has 0 bridgehead atoms. The maximum Gasteiger partial charge on any atom is 0.237 e. The molecule has 1 fully saturated rings. The SMILES string of the molecule is Cc1ccc(C(CNC(=O)C(N)Cc2ccccc2)N2CCCC2)cc1. The van der Waals surface area contributed by atoms with Gasteiger partial charge in [0.25, 0.3) is 0 Å². The number of hydrogen-bond donors (Lipinski definition) is 2. The highest BCUT2D eigenvalue weighted by Gasteiger charge is 2.24. The van der Waals surface area contributed by atoms with E-state index in [2.05, 4.69) is 41.4 Å². The molecule has 2 aromatic rings. The highest BCUT2D eigenvalue weighted by molar-refractivity contribution is 5.81. The van der Waals surface area contributed by atoms with E-state index in [4.69, 9.17) is 5.73 Å². The predicted octanol–water partition coefficient (Wildman–Crippen LogP) is 2.82. The molecule has 1 aliphatic rings. The van der Waals surface area contributed by atoms with Gasteiger partial charge in [0.15, 0.2) is 0 Å². The van der Waals surface area contributed by atoms with Crippen LogP contribution in [0.3, 0.4) is 0 Å². The largest absolute Gasteiger partial charge is 0.353 e. The molecular weight excluding hydrogens is 322 g/mol. The van der Waals surface area contributed by atoms with Crippen molar-refractivity contribution in [2.75, 3.05) is 19.6 Å². The van der Waals surface area contributed by atoms with E-state index in [1.54, 1.807) is 0 Å². The first-order valence-corrected chi connectivity index (χ1v) is 9.51. The van der Waals surface area contributed by atoms with Crippen LogP contribution in [-0.2, 0) is 11.2 Å². The minimum absolute atomic E-state index is 0.0786. The summed E-state index contributed by atoms with van der Waals surface area (Å²) in [4.78, 5) is 15.0. The number of nitrogens with zero attached hydrogens (tertiary/aromatic N) is 1. The monoisotopic (exact) mass is 351 g/mol. The van der Waals surface area contributed by atoms with E-state index in [0.717, 1.165) is 18.7 Å². The second-order valence-electron chi connectivity index (χ2n) is 7.21. The second-order valence-corrected chi connectivity index (χ2v) is 7.21. The maximum atomic E-state index is 12.5. The van der Waals surface area contributed by atoms with Gasteiger partial charge in [0, 0.05) is 6.54 Å². The molecule has 2 unspecified atom stereocenters. The fourth-order valence-electron chi connectivity index (χ4n) is 3.59. The van der Waals surface area contributed by atoms with Crippen molar-refractivity contribution in [1.29, 1.82) is 0 Å². The molecule has 0 saturated carbocycles. The van der Waals surface area contributed by atoms with Gasteiger partial charge in [-0.25, -0.2) is 0 Å². The van der Waals surface area contributed by atoms with Crippen LogP contribution in [0.25, 0.3) is 0 Å². The summed E-state index contributed by atoms with van der Waals surface area (Å²) in [6, 6.07) is 18.3. The molecule has 0 aromatic heterocycles. The Bertz CT molecular complexity index is 693. The Hall–Kier alpha value is -2.17. The van der Waals surface area contributed by atoms with Crippen molar-refractivity contribution in [2.24, 2.45) is 5.73 Å². The molecule has 3 N–H and O–H groups in total. The number of aryl methyl sites for hydroxylation is 1. The fraction of sp³-hybridized carbons (Fsp3) is 0.409. The lowest BCUT2D eigenvalue weighted by Crippen LogP contribution is -2.45. The molecule has 138 valence electrons. The summed E-state index contributed by atoms with van der Waals surface area (Å²) in [6.45, 7) is 4.87. The lowest BCUT2D eigenvalue weighted by Gasteiger charge is -2.29. The van der Waals surface area contributed by atoms with E-state index in [1.807, 2.05) is 30.3 Å². The van der Waals surface area contributed by atoms with E-state index in [0.29, 0.717) is 13.0 Å². The number of likely N-dealkylation sites (tertiary alicyclic amines) is 1. The van der Waals surface area contributed by atoms with E-state index >= 15 is 0 Å². The first kappa shape index (κ1) is 18.6. The lowest BCUT2D eigenvalue weighted by atomic mass is 10.0. The van der Waals surface area contributed by atoms with Crippen molar-refractivity contribution in [3.63, 3.8) is 0 Å². The van der Waals surface area contributed by atoms with Crippen molar-refractivity contribution in [1.82, 2.24) is 10.2 Å². The molecule has 1 saturated heterocycles. The zero-order chi connectivity index (χ0) is 18.4. The third-order valence-corrected chi connectivity index (χ3v) is 5.15. The molecule has 4 heteroatoms. The molecule has 1 heterocycles. The summed E-state index contributed by atoms with van der Waals surface area (Å²) < 4.78 is 0. The number of nitrogens with one attached hydrogen (secondary N) is 1. The number of benzene rings is 2. The van der Waals surface area contributed by atoms with Gasteiger partial charge in [-0.05, 0) is 50.4 Å². The highest BCUT2D eigenvalue weighted by atomic mass is 16.2. The number of rotatable bonds is 7. The lowest BCUT2D eigenvalue weighted by molar-refractivity contribution is -0.122. The van der Waals surface area contributed by atoms with Crippen molar-refractivity contribution in [2.45, 2.75) is 38.3 Å². The van der Waals surface area contributed by atoms with Gasteiger partial charge >= 0.3 is 0 Å². The van der Waals surface area contributed by atoms with Crippen LogP contribution in [0.15, 0.2) is 54.6 Å². The quantitative estimate of drug-likeness (QED) is 0.806. The van der Waals surface area contributed by atoms with Gasteiger partial charge in [-0.3, -0.25) is 9.69 Å². The van der Waals surface area contributed by atoms with Crippen LogP contribution in [0.1, 0.15) is 35.6 Å². The van der Waals surface area contributed by atoms with Gasteiger partial charge in [0.2, 0.25) is 5.91 Å². The Balaban J connectivity index is 1.61. The second kappa shape index (κ2) is 8.97. The fourth-order valence-corrected chi connectivity index (χ4v) is 3.59. The average Bonchev–Trinajstić information content (AvgIpc) is 3.18. The minimum atomic E-state index is -0.519. The number of nitrogens with two attached hydrogens (primary N) is 1. The van der Waals surface area contributed by atoms with Crippen molar-refractivity contribution in [3.8, 4) is 0 Å². The Kier molecular flexibility index (Phi) is 6.42. The van der Waals surface area contributed by atoms with Crippen LogP contribution in [0.2, 0.25) is 0 Å². The first-order valence-electron chi connectivity index (χ1n) is 9.51. The van der Waals surface area contributed by atoms with Crippen LogP contribution in [-0.4, -0.2) is 36.5 Å². The van der Waals surface area contributed by atoms with Crippen LogP contribution >= 0.6 is 0 Å². The first-order chi connectivity index (χ1) is 12.6. The molecule has 4 nitrogen and oxygen atoms in total. The molecule has 26 heavy (non-hydrogen) atoms. The summed E-state index contributed by atoms with van der Waals surface area (Å²) in [7, 11) is 0. The smallest absolute Gasteiger partial charge is 0.237 e. The number of carbonyl (C=O) groups is 1. The Morgan fingerprint density at radius 3 is 2.38 bits per heavy atom. The third kappa shape index (κ3) is 4.93. The van der Waals surface area contributed by atoms with Crippen LogP contribution in [0.5, 0.6) is 0 Å². The van der Waals surface area contributed by atoms with E-state index in [9.17, 15) is 4.79 Å². The van der Waals surface area contributed by atoms with Crippen molar-refractivity contribution in [3.05, 3.63) is 71.3 Å². The average molecular weight is 351 g/mol. The molecule has 1 aliphatic heterocycles. The van der Waals surface area contributed by atoms with Crippen molar-refractivity contribution >= 4 is 5.91 Å². The third-order valence-electron chi connectivity index (χ3n) is 5.15. The highest BCUT2D eigenvalue weighted by Crippen LogP contribution is 2.25. The molecular formula is C22H29N3O. The molecule has 3 rings (SSSR count). The van der Waals surface area contributed by atoms with Gasteiger partial charge < -0.3 is 11.1 Å². The standard InChI is InChI=1S/C22H29N3O/c1-17-9-11-19(12-10-17)21(25-13-5-6-14-25)16-24-22(26)20(23)15-18-7-3-2-4-8-18/h2-4,7-12,20-21H,5-6,13-16,23H2,1H3,(H,24,26). The Labute approximate surface area is 156 Å². The molecule has 0 aliphatic carbocycles. The van der Waals surface area contributed by atoms with E-state index < -0.39 is 6.04 Å². The Morgan fingerprint density at radius 2 is 1.73 bits per heavy atom. The summed E-state index contributed by atoms with van der Waals surface area (Å²) in [5.41, 5.74) is 9.72. The van der Waals surface area contributed by atoms with Gasteiger partial charge in [0.05, 0.1) is 12.1 Å². The van der Waals surface area contributed by atoms with Gasteiger partial charge in [-0.1, -0.05) is 60.2 Å². The van der Waals surface area contributed by atoms with Gasteiger partial charge in [-0.15, -0.1) is 0 Å². The topological polar surface area (TPSA) is 58.4 Å².